The molecule has 2 aromatic heterocycles. The normalized spacial score (nSPS) is 16.8. The highest BCUT2D eigenvalue weighted by Gasteiger charge is 2.31. The van der Waals surface area contributed by atoms with Crippen LogP contribution in [0.4, 0.5) is 0 Å². The van der Waals surface area contributed by atoms with Gasteiger partial charge >= 0.3 is 0 Å². The van der Waals surface area contributed by atoms with Gasteiger partial charge in [0.05, 0.1) is 32.3 Å². The van der Waals surface area contributed by atoms with Crippen molar-refractivity contribution in [3.8, 4) is 11.5 Å². The van der Waals surface area contributed by atoms with Gasteiger partial charge in [-0.2, -0.15) is 0 Å². The first kappa shape index (κ1) is 17.5. The van der Waals surface area contributed by atoms with Crippen LogP contribution in [0, 0.1) is 0 Å². The number of hydrogen-bond acceptors (Lipinski definition) is 5. The Hall–Kier alpha value is -2.86. The van der Waals surface area contributed by atoms with Crippen molar-refractivity contribution in [2.45, 2.75) is 19.0 Å². The molecule has 0 fully saturated rings. The molecule has 1 aromatic carbocycles. The Labute approximate surface area is 159 Å². The van der Waals surface area contributed by atoms with Crippen LogP contribution in [0.2, 0.25) is 0 Å². The molecule has 0 spiro atoms. The predicted octanol–water partition coefficient (Wildman–Crippen LogP) is 2.98. The Bertz CT molecular complexity index is 923. The summed E-state index contributed by atoms with van der Waals surface area (Å²) >= 11 is 0. The lowest BCUT2D eigenvalue weighted by Crippen LogP contribution is -2.36. The molecule has 1 aliphatic rings. The van der Waals surface area contributed by atoms with E-state index in [4.69, 9.17) is 9.47 Å². The van der Waals surface area contributed by atoms with E-state index in [1.54, 1.807) is 14.2 Å². The highest BCUT2D eigenvalue weighted by atomic mass is 16.5. The maximum atomic E-state index is 5.57. The fourth-order valence-corrected chi connectivity index (χ4v) is 3.84. The summed E-state index contributed by atoms with van der Waals surface area (Å²) in [6, 6.07) is 8.46. The second-order valence-corrected chi connectivity index (χ2v) is 6.81. The van der Waals surface area contributed by atoms with E-state index in [-0.39, 0.29) is 6.04 Å². The SMILES string of the molecule is COc1cc2c(cc1OC)C(c1cccnc1)N(Cc1cncn1C)CC2. The van der Waals surface area contributed by atoms with Crippen molar-refractivity contribution in [1.82, 2.24) is 19.4 Å². The zero-order chi connectivity index (χ0) is 18.8. The summed E-state index contributed by atoms with van der Waals surface area (Å²) in [5.74, 6) is 1.54. The fourth-order valence-electron chi connectivity index (χ4n) is 3.84. The van der Waals surface area contributed by atoms with E-state index in [2.05, 4.69) is 37.6 Å². The van der Waals surface area contributed by atoms with Gasteiger partial charge in [0.25, 0.3) is 0 Å². The second-order valence-electron chi connectivity index (χ2n) is 6.81. The maximum Gasteiger partial charge on any atom is 0.161 e. The van der Waals surface area contributed by atoms with Gasteiger partial charge in [-0.1, -0.05) is 6.07 Å². The van der Waals surface area contributed by atoms with E-state index in [1.807, 2.05) is 38.0 Å². The van der Waals surface area contributed by atoms with Crippen molar-refractivity contribution in [3.63, 3.8) is 0 Å². The minimum absolute atomic E-state index is 0.108. The summed E-state index contributed by atoms with van der Waals surface area (Å²) in [5, 5.41) is 0. The first-order valence-corrected chi connectivity index (χ1v) is 9.05. The van der Waals surface area contributed by atoms with Crippen LogP contribution in [0.3, 0.4) is 0 Å². The monoisotopic (exact) mass is 364 g/mol. The molecule has 0 radical (unpaired) electrons. The number of aromatic nitrogens is 3. The maximum absolute atomic E-state index is 5.57. The molecular formula is C21H24N4O2. The number of ether oxygens (including phenoxy) is 2. The van der Waals surface area contributed by atoms with Crippen LogP contribution >= 0.6 is 0 Å². The molecule has 27 heavy (non-hydrogen) atoms. The third-order valence-corrected chi connectivity index (χ3v) is 5.26. The second kappa shape index (κ2) is 7.40. The van der Waals surface area contributed by atoms with Crippen LogP contribution in [0.5, 0.6) is 11.5 Å². The molecule has 1 aliphatic heterocycles. The quantitative estimate of drug-likeness (QED) is 0.697. The molecule has 4 rings (SSSR count). The predicted molar refractivity (Wildman–Crippen MR) is 103 cm³/mol. The lowest BCUT2D eigenvalue weighted by Gasteiger charge is -2.38. The fraction of sp³-hybridized carbons (Fsp3) is 0.333. The molecule has 6 heteroatoms. The molecule has 6 nitrogen and oxygen atoms in total. The van der Waals surface area contributed by atoms with E-state index in [9.17, 15) is 0 Å². The summed E-state index contributed by atoms with van der Waals surface area (Å²) in [6.07, 6.45) is 8.51. The Morgan fingerprint density at radius 3 is 2.59 bits per heavy atom. The molecule has 0 saturated heterocycles. The zero-order valence-electron chi connectivity index (χ0n) is 15.9. The summed E-state index contributed by atoms with van der Waals surface area (Å²) in [5.41, 5.74) is 4.90. The van der Waals surface area contributed by atoms with Crippen molar-refractivity contribution in [2.75, 3.05) is 20.8 Å². The minimum atomic E-state index is 0.108. The Kier molecular flexibility index (Phi) is 4.81. The summed E-state index contributed by atoms with van der Waals surface area (Å²) in [6.45, 7) is 1.77. The van der Waals surface area contributed by atoms with Crippen molar-refractivity contribution < 1.29 is 9.47 Å². The number of nitrogens with zero attached hydrogens (tertiary/aromatic N) is 4. The molecule has 3 heterocycles. The van der Waals surface area contributed by atoms with E-state index >= 15 is 0 Å². The molecule has 0 N–H and O–H groups in total. The highest BCUT2D eigenvalue weighted by molar-refractivity contribution is 5.51. The Morgan fingerprint density at radius 2 is 1.93 bits per heavy atom. The average molecular weight is 364 g/mol. The summed E-state index contributed by atoms with van der Waals surface area (Å²) in [7, 11) is 5.40. The standard InChI is InChI=1S/C21H24N4O2/c1-24-14-23-12-17(24)13-25-8-6-15-9-19(26-2)20(27-3)10-18(15)21(25)16-5-4-7-22-11-16/h4-5,7,9-12,14,21H,6,8,13H2,1-3H3. The largest absolute Gasteiger partial charge is 0.493 e. The molecule has 1 atom stereocenters. The number of fused-ring (bicyclic) bond motifs is 1. The van der Waals surface area contributed by atoms with E-state index in [0.717, 1.165) is 31.0 Å². The number of imidazole rings is 1. The topological polar surface area (TPSA) is 52.4 Å². The lowest BCUT2D eigenvalue weighted by molar-refractivity contribution is 0.199. The summed E-state index contributed by atoms with van der Waals surface area (Å²) < 4.78 is 13.2. The van der Waals surface area contributed by atoms with Gasteiger partial charge in [-0.15, -0.1) is 0 Å². The van der Waals surface area contributed by atoms with E-state index < -0.39 is 0 Å². The van der Waals surface area contributed by atoms with Gasteiger partial charge in [-0.3, -0.25) is 9.88 Å². The first-order chi connectivity index (χ1) is 13.2. The smallest absolute Gasteiger partial charge is 0.161 e. The average Bonchev–Trinajstić information content (AvgIpc) is 3.11. The van der Waals surface area contributed by atoms with Gasteiger partial charge in [-0.05, 0) is 41.3 Å². The van der Waals surface area contributed by atoms with Gasteiger partial charge in [0.2, 0.25) is 0 Å². The van der Waals surface area contributed by atoms with Crippen LogP contribution in [0.15, 0.2) is 49.2 Å². The van der Waals surface area contributed by atoms with Gasteiger partial charge in [0.1, 0.15) is 0 Å². The Balaban J connectivity index is 1.80. The number of hydrogen-bond donors (Lipinski definition) is 0. The molecule has 0 aliphatic carbocycles. The number of rotatable bonds is 5. The minimum Gasteiger partial charge on any atom is -0.493 e. The van der Waals surface area contributed by atoms with Crippen LogP contribution in [-0.4, -0.2) is 40.2 Å². The van der Waals surface area contributed by atoms with E-state index in [0.29, 0.717) is 0 Å². The van der Waals surface area contributed by atoms with Gasteiger partial charge in [0.15, 0.2) is 11.5 Å². The number of benzene rings is 1. The third kappa shape index (κ3) is 3.28. The number of pyridine rings is 1. The molecule has 140 valence electrons. The summed E-state index contributed by atoms with van der Waals surface area (Å²) in [4.78, 5) is 11.1. The first-order valence-electron chi connectivity index (χ1n) is 9.05. The van der Waals surface area contributed by atoms with Gasteiger partial charge in [-0.25, -0.2) is 4.98 Å². The molecule has 0 amide bonds. The number of methoxy groups -OCH3 is 2. The van der Waals surface area contributed by atoms with Crippen LogP contribution in [0.25, 0.3) is 0 Å². The molecule has 3 aromatic rings. The van der Waals surface area contributed by atoms with E-state index in [1.165, 1.54) is 22.4 Å². The molecule has 0 saturated carbocycles. The zero-order valence-corrected chi connectivity index (χ0v) is 15.9. The van der Waals surface area contributed by atoms with Crippen LogP contribution in [-0.2, 0) is 20.0 Å². The van der Waals surface area contributed by atoms with Crippen molar-refractivity contribution in [2.24, 2.45) is 7.05 Å². The van der Waals surface area contributed by atoms with Crippen LogP contribution < -0.4 is 9.47 Å². The molecule has 1 unspecified atom stereocenters. The van der Waals surface area contributed by atoms with Crippen molar-refractivity contribution in [3.05, 3.63) is 71.6 Å². The van der Waals surface area contributed by atoms with Crippen LogP contribution in [0.1, 0.15) is 28.4 Å². The van der Waals surface area contributed by atoms with Gasteiger partial charge < -0.3 is 14.0 Å². The number of aryl methyl sites for hydroxylation is 1. The molecule has 0 bridgehead atoms. The third-order valence-electron chi connectivity index (χ3n) is 5.26. The Morgan fingerprint density at radius 1 is 1.11 bits per heavy atom. The molecular weight excluding hydrogens is 340 g/mol. The van der Waals surface area contributed by atoms with Crippen molar-refractivity contribution >= 4 is 0 Å². The van der Waals surface area contributed by atoms with Gasteiger partial charge in [0, 0.05) is 38.7 Å². The highest BCUT2D eigenvalue weighted by Crippen LogP contribution is 2.41. The van der Waals surface area contributed by atoms with Crippen molar-refractivity contribution in [1.29, 1.82) is 0 Å². The lowest BCUT2D eigenvalue weighted by atomic mass is 9.88.